The van der Waals surface area contributed by atoms with Crippen molar-refractivity contribution in [1.82, 2.24) is 0 Å². The summed E-state index contributed by atoms with van der Waals surface area (Å²) in [5.41, 5.74) is -0.952. The van der Waals surface area contributed by atoms with Gasteiger partial charge in [0.1, 0.15) is 5.75 Å². The molecule has 1 aromatic carbocycles. The lowest BCUT2D eigenvalue weighted by Crippen LogP contribution is -2.55. The molecule has 116 valence electrons. The largest absolute Gasteiger partial charge is 0.497 e. The van der Waals surface area contributed by atoms with E-state index in [4.69, 9.17) is 4.74 Å². The Morgan fingerprint density at radius 3 is 2.76 bits per heavy atom. The van der Waals surface area contributed by atoms with Gasteiger partial charge in [0, 0.05) is 18.0 Å². The second kappa shape index (κ2) is 5.55. The van der Waals surface area contributed by atoms with E-state index in [1.54, 1.807) is 24.3 Å². The van der Waals surface area contributed by atoms with E-state index in [0.717, 1.165) is 6.26 Å². The van der Waals surface area contributed by atoms with Gasteiger partial charge in [0.05, 0.1) is 12.4 Å². The highest BCUT2D eigenvalue weighted by Crippen LogP contribution is 2.38. The van der Waals surface area contributed by atoms with Crippen LogP contribution in [0.15, 0.2) is 24.3 Å². The zero-order valence-electron chi connectivity index (χ0n) is 12.0. The smallest absolute Gasteiger partial charge is 0.330 e. The lowest BCUT2D eigenvalue weighted by molar-refractivity contribution is -0.141. The zero-order chi connectivity index (χ0) is 15.7. The minimum atomic E-state index is -3.47. The second-order valence-corrected chi connectivity index (χ2v) is 7.57. The van der Waals surface area contributed by atoms with Crippen molar-refractivity contribution >= 4 is 21.5 Å². The van der Waals surface area contributed by atoms with Gasteiger partial charge in [0.15, 0.2) is 15.4 Å². The third-order valence-electron chi connectivity index (χ3n) is 3.92. The van der Waals surface area contributed by atoms with Gasteiger partial charge in [0.2, 0.25) is 0 Å². The molecule has 7 heteroatoms. The number of methoxy groups -OCH3 is 1. The lowest BCUT2D eigenvalue weighted by Gasteiger charge is -2.32. The SMILES string of the molecule is COc1cccc(NC2(C(=O)O)CCCC2S(C)(=O)=O)c1. The summed E-state index contributed by atoms with van der Waals surface area (Å²) >= 11 is 0. The third-order valence-corrected chi connectivity index (χ3v) is 5.59. The first-order valence-electron chi connectivity index (χ1n) is 6.64. The highest BCUT2D eigenvalue weighted by atomic mass is 32.2. The molecule has 2 unspecified atom stereocenters. The number of carboxylic acids is 1. The minimum Gasteiger partial charge on any atom is -0.497 e. The molecule has 0 bridgehead atoms. The number of sulfone groups is 1. The van der Waals surface area contributed by atoms with Crippen molar-refractivity contribution < 1.29 is 23.1 Å². The van der Waals surface area contributed by atoms with Crippen LogP contribution in [0.5, 0.6) is 5.75 Å². The third kappa shape index (κ3) is 2.97. The number of carbonyl (C=O) groups is 1. The molecule has 0 aromatic heterocycles. The molecule has 2 rings (SSSR count). The molecule has 1 aromatic rings. The summed E-state index contributed by atoms with van der Waals surface area (Å²) in [7, 11) is -1.95. The Morgan fingerprint density at radius 2 is 2.19 bits per heavy atom. The van der Waals surface area contributed by atoms with Gasteiger partial charge in [0.25, 0.3) is 0 Å². The molecule has 1 fully saturated rings. The average Bonchev–Trinajstić information content (AvgIpc) is 2.84. The van der Waals surface area contributed by atoms with Crippen molar-refractivity contribution in [2.75, 3.05) is 18.7 Å². The summed E-state index contributed by atoms with van der Waals surface area (Å²) in [5.74, 6) is -0.562. The fraction of sp³-hybridized carbons (Fsp3) is 0.500. The van der Waals surface area contributed by atoms with Gasteiger partial charge in [-0.1, -0.05) is 6.07 Å². The van der Waals surface area contributed by atoms with E-state index in [0.29, 0.717) is 24.3 Å². The van der Waals surface area contributed by atoms with E-state index in [1.165, 1.54) is 7.11 Å². The first-order chi connectivity index (χ1) is 9.79. The fourth-order valence-corrected chi connectivity index (χ4v) is 4.56. The monoisotopic (exact) mass is 313 g/mol. The molecule has 1 saturated carbocycles. The normalized spacial score (nSPS) is 25.5. The number of carboxylic acid groups (broad SMARTS) is 1. The summed E-state index contributed by atoms with van der Waals surface area (Å²) in [4.78, 5) is 11.8. The Labute approximate surface area is 124 Å². The van der Waals surface area contributed by atoms with Gasteiger partial charge in [-0.3, -0.25) is 0 Å². The summed E-state index contributed by atoms with van der Waals surface area (Å²) in [6.45, 7) is 0. The van der Waals surface area contributed by atoms with E-state index in [1.807, 2.05) is 0 Å². The number of hydrogen-bond acceptors (Lipinski definition) is 5. The number of rotatable bonds is 5. The molecule has 0 aliphatic heterocycles. The number of nitrogens with one attached hydrogen (secondary N) is 1. The van der Waals surface area contributed by atoms with Crippen LogP contribution < -0.4 is 10.1 Å². The zero-order valence-corrected chi connectivity index (χ0v) is 12.8. The van der Waals surface area contributed by atoms with Crippen molar-refractivity contribution in [3.63, 3.8) is 0 Å². The van der Waals surface area contributed by atoms with Crippen LogP contribution in [0.2, 0.25) is 0 Å². The van der Waals surface area contributed by atoms with Crippen LogP contribution in [0.3, 0.4) is 0 Å². The van der Waals surface area contributed by atoms with Gasteiger partial charge in [-0.2, -0.15) is 0 Å². The van der Waals surface area contributed by atoms with Crippen LogP contribution in [-0.2, 0) is 14.6 Å². The molecule has 0 heterocycles. The lowest BCUT2D eigenvalue weighted by atomic mass is 9.96. The van der Waals surface area contributed by atoms with Gasteiger partial charge in [-0.05, 0) is 31.4 Å². The Bertz CT molecular complexity index is 643. The van der Waals surface area contributed by atoms with Crippen LogP contribution in [0.1, 0.15) is 19.3 Å². The predicted octanol–water partition coefficient (Wildman–Crippen LogP) is 1.53. The Balaban J connectivity index is 2.41. The Hall–Kier alpha value is -1.76. The maximum atomic E-state index is 11.9. The van der Waals surface area contributed by atoms with Gasteiger partial charge in [-0.25, -0.2) is 13.2 Å². The van der Waals surface area contributed by atoms with Crippen LogP contribution in [0.4, 0.5) is 5.69 Å². The van der Waals surface area contributed by atoms with E-state index in [2.05, 4.69) is 5.32 Å². The van der Waals surface area contributed by atoms with Crippen LogP contribution in [0.25, 0.3) is 0 Å². The molecule has 2 atom stereocenters. The van der Waals surface area contributed by atoms with E-state index in [9.17, 15) is 18.3 Å². The molecule has 21 heavy (non-hydrogen) atoms. The number of hydrogen-bond donors (Lipinski definition) is 2. The summed E-state index contributed by atoms with van der Waals surface area (Å²) in [5, 5.41) is 11.6. The molecule has 0 saturated heterocycles. The topological polar surface area (TPSA) is 92.7 Å². The van der Waals surface area contributed by atoms with Crippen molar-refractivity contribution in [3.05, 3.63) is 24.3 Å². The Kier molecular flexibility index (Phi) is 4.13. The molecule has 2 N–H and O–H groups in total. The van der Waals surface area contributed by atoms with Gasteiger partial charge < -0.3 is 15.2 Å². The molecule has 0 spiro atoms. The van der Waals surface area contributed by atoms with Gasteiger partial charge in [-0.15, -0.1) is 0 Å². The first-order valence-corrected chi connectivity index (χ1v) is 8.59. The van der Waals surface area contributed by atoms with Crippen LogP contribution in [0, 0.1) is 0 Å². The molecular formula is C14H19NO5S. The number of aliphatic carboxylic acids is 1. The highest BCUT2D eigenvalue weighted by Gasteiger charge is 2.54. The molecule has 0 radical (unpaired) electrons. The van der Waals surface area contributed by atoms with Crippen molar-refractivity contribution in [2.45, 2.75) is 30.1 Å². The highest BCUT2D eigenvalue weighted by molar-refractivity contribution is 7.91. The summed E-state index contributed by atoms with van der Waals surface area (Å²) < 4.78 is 29.0. The van der Waals surface area contributed by atoms with Crippen LogP contribution in [-0.4, -0.2) is 43.6 Å². The average molecular weight is 313 g/mol. The second-order valence-electron chi connectivity index (χ2n) is 5.34. The molecule has 0 amide bonds. The molecule has 1 aliphatic carbocycles. The van der Waals surface area contributed by atoms with E-state index in [-0.39, 0.29) is 6.42 Å². The number of benzene rings is 1. The predicted molar refractivity (Wildman–Crippen MR) is 79.5 cm³/mol. The van der Waals surface area contributed by atoms with Crippen LogP contribution >= 0.6 is 0 Å². The summed E-state index contributed by atoms with van der Waals surface area (Å²) in [6.07, 6.45) is 2.27. The van der Waals surface area contributed by atoms with E-state index < -0.39 is 26.6 Å². The molecular weight excluding hydrogens is 294 g/mol. The quantitative estimate of drug-likeness (QED) is 0.856. The number of anilines is 1. The van der Waals surface area contributed by atoms with Crippen molar-refractivity contribution in [3.8, 4) is 5.75 Å². The minimum absolute atomic E-state index is 0.275. The maximum Gasteiger partial charge on any atom is 0.330 e. The standard InChI is InChI=1S/C14H19NO5S/c1-20-11-6-3-5-10(9-11)15-14(13(16)17)8-4-7-12(14)21(2,18)19/h3,5-6,9,12,15H,4,7-8H2,1-2H3,(H,16,17). The van der Waals surface area contributed by atoms with Gasteiger partial charge >= 0.3 is 5.97 Å². The Morgan fingerprint density at radius 1 is 1.48 bits per heavy atom. The van der Waals surface area contributed by atoms with Crippen molar-refractivity contribution in [1.29, 1.82) is 0 Å². The van der Waals surface area contributed by atoms with Crippen molar-refractivity contribution in [2.24, 2.45) is 0 Å². The maximum absolute atomic E-state index is 11.9. The fourth-order valence-electron chi connectivity index (χ4n) is 2.95. The van der Waals surface area contributed by atoms with E-state index >= 15 is 0 Å². The number of ether oxygens (including phenoxy) is 1. The summed E-state index contributed by atoms with van der Waals surface area (Å²) in [6, 6.07) is 6.82. The molecule has 6 nitrogen and oxygen atoms in total. The molecule has 1 aliphatic rings. The first kappa shape index (κ1) is 15.6.